The highest BCUT2D eigenvalue weighted by Gasteiger charge is 2.68. The first-order valence-corrected chi connectivity index (χ1v) is 12.7. The molecule has 4 aliphatic carbocycles. The summed E-state index contributed by atoms with van der Waals surface area (Å²) < 4.78 is 5.67. The van der Waals surface area contributed by atoms with E-state index in [1.165, 1.54) is 0 Å². The quantitative estimate of drug-likeness (QED) is 0.605. The number of halogens is 2. The Balaban J connectivity index is 1.39. The second kappa shape index (κ2) is 8.19. The van der Waals surface area contributed by atoms with E-state index in [2.05, 4.69) is 6.92 Å². The number of carbonyl (C=O) groups excluding carboxylic acids is 2. The maximum absolute atomic E-state index is 13.4. The van der Waals surface area contributed by atoms with Gasteiger partial charge >= 0.3 is 0 Å². The van der Waals surface area contributed by atoms with Gasteiger partial charge in [0.2, 0.25) is 5.78 Å². The van der Waals surface area contributed by atoms with Gasteiger partial charge < -0.3 is 14.9 Å². The maximum Gasteiger partial charge on any atom is 0.202 e. The van der Waals surface area contributed by atoms with Crippen LogP contribution in [0.5, 0.6) is 5.75 Å². The summed E-state index contributed by atoms with van der Waals surface area (Å²) in [6.07, 6.45) is 7.63. The molecule has 3 saturated carbocycles. The van der Waals surface area contributed by atoms with Gasteiger partial charge in [0.1, 0.15) is 18.0 Å². The first-order chi connectivity index (χ1) is 16.0. The number of ether oxygens (including phenoxy) is 1. The van der Waals surface area contributed by atoms with E-state index in [4.69, 9.17) is 27.9 Å². The molecule has 7 heteroatoms. The van der Waals surface area contributed by atoms with E-state index in [1.807, 2.05) is 13.0 Å². The fraction of sp³-hybridized carbons (Fsp3) is 0.556. The van der Waals surface area contributed by atoms with Crippen molar-refractivity contribution in [1.82, 2.24) is 0 Å². The average molecular weight is 505 g/mol. The lowest BCUT2D eigenvalue weighted by molar-refractivity contribution is -0.178. The number of hydrogen-bond donors (Lipinski definition) is 2. The molecule has 1 aromatic carbocycles. The molecule has 7 atom stereocenters. The van der Waals surface area contributed by atoms with Gasteiger partial charge in [-0.1, -0.05) is 48.7 Å². The van der Waals surface area contributed by atoms with Gasteiger partial charge in [0.05, 0.1) is 6.10 Å². The highest BCUT2D eigenvalue weighted by molar-refractivity contribution is 6.34. The van der Waals surface area contributed by atoms with Crippen LogP contribution in [0.25, 0.3) is 0 Å². The standard InChI is InChI=1S/C27H30Cl2O5/c1-25-7-5-18(30)9-15(25)3-4-20-21-6-8-27(33,26(21,2)13-22(31)24(20)25)23(32)14-34-19-11-16(28)10-17(29)12-19/h5,7,9-12,20-22,24,31,33H,3-4,6,8,13-14H2,1-2H3/t20?,21?,22-,24?,25?,26?,27-/m0/s1. The molecule has 5 rings (SSSR count). The SMILES string of the molecule is CC12C=CC(=O)C=C1CCC1C2[C@@H](O)CC2(C)C1CC[C@]2(O)C(=O)COc1cc(Cl)cc(Cl)c1. The highest BCUT2D eigenvalue weighted by Crippen LogP contribution is 2.67. The maximum atomic E-state index is 13.4. The smallest absolute Gasteiger partial charge is 0.202 e. The van der Waals surface area contributed by atoms with Gasteiger partial charge in [-0.2, -0.15) is 0 Å². The van der Waals surface area contributed by atoms with E-state index in [-0.39, 0.29) is 41.3 Å². The van der Waals surface area contributed by atoms with Gasteiger partial charge in [-0.15, -0.1) is 0 Å². The van der Waals surface area contributed by atoms with Crippen molar-refractivity contribution in [2.45, 2.75) is 57.7 Å². The van der Waals surface area contributed by atoms with Gasteiger partial charge in [0.15, 0.2) is 5.78 Å². The van der Waals surface area contributed by atoms with Crippen LogP contribution >= 0.6 is 23.2 Å². The van der Waals surface area contributed by atoms with Crippen LogP contribution in [0.4, 0.5) is 0 Å². The van der Waals surface area contributed by atoms with Crippen molar-refractivity contribution in [3.63, 3.8) is 0 Å². The van der Waals surface area contributed by atoms with E-state index < -0.39 is 17.1 Å². The summed E-state index contributed by atoms with van der Waals surface area (Å²) >= 11 is 12.1. The molecule has 182 valence electrons. The Hall–Kier alpha value is -1.66. The van der Waals surface area contributed by atoms with E-state index >= 15 is 0 Å². The minimum atomic E-state index is -1.58. The molecule has 0 aliphatic heterocycles. The Labute approximate surface area is 209 Å². The van der Waals surface area contributed by atoms with Crippen molar-refractivity contribution in [2.24, 2.45) is 28.6 Å². The largest absolute Gasteiger partial charge is 0.486 e. The van der Waals surface area contributed by atoms with Gasteiger partial charge in [-0.25, -0.2) is 0 Å². The molecule has 0 aromatic heterocycles. The van der Waals surface area contributed by atoms with E-state index in [0.29, 0.717) is 35.1 Å². The summed E-state index contributed by atoms with van der Waals surface area (Å²) in [5, 5.41) is 24.0. The third-order valence-corrected chi connectivity index (χ3v) is 9.75. The van der Waals surface area contributed by atoms with Crippen LogP contribution in [0.15, 0.2) is 42.0 Å². The number of ketones is 2. The summed E-state index contributed by atoms with van der Waals surface area (Å²) in [4.78, 5) is 25.4. The Morgan fingerprint density at radius 3 is 2.59 bits per heavy atom. The number of Topliss-reactive ketones (excluding diaryl/α,β-unsaturated/α-hetero) is 1. The molecule has 1 aromatic rings. The summed E-state index contributed by atoms with van der Waals surface area (Å²) in [6.45, 7) is 3.77. The number of aliphatic hydroxyl groups excluding tert-OH is 1. The van der Waals surface area contributed by atoms with Gasteiger partial charge in [0.25, 0.3) is 0 Å². The fourth-order valence-corrected chi connectivity index (χ4v) is 8.17. The zero-order valence-electron chi connectivity index (χ0n) is 19.4. The van der Waals surface area contributed by atoms with Crippen molar-refractivity contribution in [2.75, 3.05) is 6.61 Å². The van der Waals surface area contributed by atoms with Crippen molar-refractivity contribution in [1.29, 1.82) is 0 Å². The van der Waals surface area contributed by atoms with Crippen molar-refractivity contribution in [3.05, 3.63) is 52.0 Å². The fourth-order valence-electron chi connectivity index (χ4n) is 7.67. The Morgan fingerprint density at radius 1 is 1.18 bits per heavy atom. The average Bonchev–Trinajstić information content (AvgIpc) is 3.03. The van der Waals surface area contributed by atoms with Gasteiger partial charge in [-0.05, 0) is 74.3 Å². The molecular weight excluding hydrogens is 475 g/mol. The summed E-state index contributed by atoms with van der Waals surface area (Å²) in [6, 6.07) is 4.74. The van der Waals surface area contributed by atoms with Gasteiger partial charge in [0, 0.05) is 26.8 Å². The highest BCUT2D eigenvalue weighted by atomic mass is 35.5. The van der Waals surface area contributed by atoms with Crippen LogP contribution in [0.1, 0.15) is 46.0 Å². The van der Waals surface area contributed by atoms with Crippen LogP contribution in [0, 0.1) is 28.6 Å². The topological polar surface area (TPSA) is 83.8 Å². The Morgan fingerprint density at radius 2 is 1.88 bits per heavy atom. The predicted octanol–water partition coefficient (Wildman–Crippen LogP) is 4.95. The minimum Gasteiger partial charge on any atom is -0.486 e. The number of fused-ring (bicyclic) bond motifs is 5. The molecule has 5 unspecified atom stereocenters. The monoisotopic (exact) mass is 504 g/mol. The lowest BCUT2D eigenvalue weighted by Gasteiger charge is -2.59. The molecule has 0 saturated heterocycles. The van der Waals surface area contributed by atoms with Crippen LogP contribution in [-0.2, 0) is 9.59 Å². The van der Waals surface area contributed by atoms with Crippen molar-refractivity contribution < 1.29 is 24.5 Å². The molecule has 0 amide bonds. The second-order valence-corrected chi connectivity index (χ2v) is 11.8. The summed E-state index contributed by atoms with van der Waals surface area (Å²) in [5.41, 5.74) is -1.63. The normalized spacial score (nSPS) is 40.8. The minimum absolute atomic E-state index is 0.00268. The lowest BCUT2D eigenvalue weighted by atomic mass is 9.46. The number of hydrogen-bond acceptors (Lipinski definition) is 5. The second-order valence-electron chi connectivity index (χ2n) is 10.9. The zero-order chi connectivity index (χ0) is 24.5. The molecule has 0 radical (unpaired) electrons. The van der Waals surface area contributed by atoms with Crippen molar-refractivity contribution >= 4 is 34.8 Å². The lowest BCUT2D eigenvalue weighted by Crippen LogP contribution is -2.61. The van der Waals surface area contributed by atoms with E-state index in [9.17, 15) is 19.8 Å². The number of carbonyl (C=O) groups is 2. The number of benzene rings is 1. The Kier molecular flexibility index (Phi) is 5.80. The number of aliphatic hydroxyl groups is 2. The van der Waals surface area contributed by atoms with E-state index in [1.54, 1.807) is 30.4 Å². The molecule has 0 bridgehead atoms. The molecule has 0 spiro atoms. The Bertz CT molecular complexity index is 1090. The van der Waals surface area contributed by atoms with Crippen LogP contribution in [-0.4, -0.2) is 40.1 Å². The molecule has 2 N–H and O–H groups in total. The zero-order valence-corrected chi connectivity index (χ0v) is 20.9. The summed E-state index contributed by atoms with van der Waals surface area (Å²) in [7, 11) is 0. The van der Waals surface area contributed by atoms with Crippen LogP contribution < -0.4 is 4.74 Å². The molecule has 4 aliphatic rings. The first kappa shape index (κ1) is 24.1. The molecule has 34 heavy (non-hydrogen) atoms. The van der Waals surface area contributed by atoms with Crippen molar-refractivity contribution in [3.8, 4) is 5.75 Å². The number of rotatable bonds is 4. The van der Waals surface area contributed by atoms with Gasteiger partial charge in [-0.3, -0.25) is 9.59 Å². The van der Waals surface area contributed by atoms with Crippen LogP contribution in [0.3, 0.4) is 0 Å². The van der Waals surface area contributed by atoms with E-state index in [0.717, 1.165) is 18.4 Å². The molecule has 3 fully saturated rings. The predicted molar refractivity (Wildman–Crippen MR) is 130 cm³/mol. The first-order valence-electron chi connectivity index (χ1n) is 11.9. The summed E-state index contributed by atoms with van der Waals surface area (Å²) in [5.74, 6) is 0.198. The third-order valence-electron chi connectivity index (χ3n) is 9.32. The molecule has 5 nitrogen and oxygen atoms in total. The number of allylic oxidation sites excluding steroid dienone is 4. The molecular formula is C27H30Cl2O5. The van der Waals surface area contributed by atoms with Crippen LogP contribution in [0.2, 0.25) is 10.0 Å². The molecule has 0 heterocycles. The third kappa shape index (κ3) is 3.50.